The molecule has 2 rings (SSSR count). The number of amides is 1. The highest BCUT2D eigenvalue weighted by Crippen LogP contribution is 2.29. The molecule has 0 spiro atoms. The van der Waals surface area contributed by atoms with Gasteiger partial charge in [-0.15, -0.1) is 12.4 Å². The third-order valence-electron chi connectivity index (χ3n) is 4.99. The summed E-state index contributed by atoms with van der Waals surface area (Å²) in [6.45, 7) is 6.76. The Morgan fingerprint density at radius 1 is 1.16 bits per heavy atom. The summed E-state index contributed by atoms with van der Waals surface area (Å²) in [5.74, 6) is 2.27. The van der Waals surface area contributed by atoms with Crippen molar-refractivity contribution in [2.75, 3.05) is 13.1 Å². The van der Waals surface area contributed by atoms with Crippen LogP contribution in [0.2, 0.25) is 0 Å². The highest BCUT2D eigenvalue weighted by molar-refractivity contribution is 5.85. The van der Waals surface area contributed by atoms with Crippen LogP contribution in [0.3, 0.4) is 0 Å². The summed E-state index contributed by atoms with van der Waals surface area (Å²) in [5, 5.41) is 6.64. The van der Waals surface area contributed by atoms with Gasteiger partial charge in [-0.05, 0) is 50.1 Å². The van der Waals surface area contributed by atoms with E-state index in [2.05, 4.69) is 24.5 Å². The van der Waals surface area contributed by atoms with Gasteiger partial charge in [0.1, 0.15) is 0 Å². The van der Waals surface area contributed by atoms with Gasteiger partial charge >= 0.3 is 0 Å². The molecular weight excluding hydrogens is 260 g/mol. The topological polar surface area (TPSA) is 41.1 Å². The zero-order valence-electron chi connectivity index (χ0n) is 12.3. The van der Waals surface area contributed by atoms with Gasteiger partial charge < -0.3 is 10.6 Å². The van der Waals surface area contributed by atoms with E-state index in [9.17, 15) is 4.79 Å². The van der Waals surface area contributed by atoms with Crippen LogP contribution in [0.15, 0.2) is 0 Å². The maximum absolute atomic E-state index is 12.1. The Balaban J connectivity index is 0.00000180. The second kappa shape index (κ2) is 8.11. The molecule has 1 aliphatic heterocycles. The van der Waals surface area contributed by atoms with E-state index in [1.807, 2.05) is 0 Å². The van der Waals surface area contributed by atoms with Gasteiger partial charge in [0.05, 0.1) is 0 Å². The second-order valence-corrected chi connectivity index (χ2v) is 6.34. The summed E-state index contributed by atoms with van der Waals surface area (Å²) < 4.78 is 0. The SMILES string of the molecule is CC1CCCC(NC(=O)CC2CCNCC2)C1C.Cl. The molecular formula is C15H29ClN2O. The lowest BCUT2D eigenvalue weighted by Crippen LogP contribution is -2.44. The molecule has 2 N–H and O–H groups in total. The fourth-order valence-electron chi connectivity index (χ4n) is 3.40. The van der Waals surface area contributed by atoms with Crippen LogP contribution in [0.4, 0.5) is 0 Å². The Bertz CT molecular complexity index is 279. The Hall–Kier alpha value is -0.280. The minimum absolute atomic E-state index is 0. The molecule has 1 amide bonds. The van der Waals surface area contributed by atoms with Crippen molar-refractivity contribution in [2.24, 2.45) is 17.8 Å². The molecule has 19 heavy (non-hydrogen) atoms. The third-order valence-corrected chi connectivity index (χ3v) is 4.99. The van der Waals surface area contributed by atoms with Gasteiger partial charge in [0.15, 0.2) is 0 Å². The Labute approximate surface area is 123 Å². The summed E-state index contributed by atoms with van der Waals surface area (Å²) in [5.41, 5.74) is 0. The van der Waals surface area contributed by atoms with Crippen LogP contribution in [0.1, 0.15) is 52.4 Å². The quantitative estimate of drug-likeness (QED) is 0.838. The molecule has 0 aromatic rings. The third kappa shape index (κ3) is 4.96. The average molecular weight is 289 g/mol. The van der Waals surface area contributed by atoms with E-state index in [0.29, 0.717) is 17.9 Å². The first-order chi connectivity index (χ1) is 8.66. The number of hydrogen-bond donors (Lipinski definition) is 2. The summed E-state index contributed by atoms with van der Waals surface area (Å²) >= 11 is 0. The normalized spacial score (nSPS) is 32.4. The van der Waals surface area contributed by atoms with Crippen molar-refractivity contribution in [3.05, 3.63) is 0 Å². The van der Waals surface area contributed by atoms with Crippen molar-refractivity contribution in [1.82, 2.24) is 10.6 Å². The van der Waals surface area contributed by atoms with Crippen molar-refractivity contribution < 1.29 is 4.79 Å². The molecule has 2 aliphatic rings. The number of piperidine rings is 1. The van der Waals surface area contributed by atoms with Crippen molar-refractivity contribution in [2.45, 2.75) is 58.4 Å². The van der Waals surface area contributed by atoms with Crippen molar-refractivity contribution >= 4 is 18.3 Å². The van der Waals surface area contributed by atoms with E-state index in [1.165, 1.54) is 19.3 Å². The van der Waals surface area contributed by atoms with Crippen LogP contribution < -0.4 is 10.6 Å². The number of halogens is 1. The number of nitrogens with one attached hydrogen (secondary N) is 2. The fraction of sp³-hybridized carbons (Fsp3) is 0.933. The first kappa shape index (κ1) is 16.8. The molecule has 0 aromatic carbocycles. The lowest BCUT2D eigenvalue weighted by molar-refractivity contribution is -0.123. The largest absolute Gasteiger partial charge is 0.353 e. The smallest absolute Gasteiger partial charge is 0.220 e. The van der Waals surface area contributed by atoms with Gasteiger partial charge in [0.2, 0.25) is 5.91 Å². The summed E-state index contributed by atoms with van der Waals surface area (Å²) in [4.78, 5) is 12.1. The predicted molar refractivity (Wildman–Crippen MR) is 81.6 cm³/mol. The van der Waals surface area contributed by atoms with E-state index in [0.717, 1.165) is 38.3 Å². The summed E-state index contributed by atoms with van der Waals surface area (Å²) in [7, 11) is 0. The maximum atomic E-state index is 12.1. The molecule has 1 saturated heterocycles. The van der Waals surface area contributed by atoms with Crippen LogP contribution in [-0.4, -0.2) is 25.0 Å². The van der Waals surface area contributed by atoms with E-state index in [-0.39, 0.29) is 18.3 Å². The monoisotopic (exact) mass is 288 g/mol. The molecule has 0 radical (unpaired) electrons. The summed E-state index contributed by atoms with van der Waals surface area (Å²) in [6, 6.07) is 0.419. The molecule has 2 fully saturated rings. The van der Waals surface area contributed by atoms with Crippen molar-refractivity contribution in [3.8, 4) is 0 Å². The zero-order chi connectivity index (χ0) is 13.0. The van der Waals surface area contributed by atoms with E-state index < -0.39 is 0 Å². The van der Waals surface area contributed by atoms with Gasteiger partial charge in [-0.1, -0.05) is 26.7 Å². The van der Waals surface area contributed by atoms with E-state index >= 15 is 0 Å². The van der Waals surface area contributed by atoms with Crippen LogP contribution in [0, 0.1) is 17.8 Å². The lowest BCUT2D eigenvalue weighted by atomic mass is 9.78. The molecule has 3 nitrogen and oxygen atoms in total. The van der Waals surface area contributed by atoms with Crippen molar-refractivity contribution in [3.63, 3.8) is 0 Å². The minimum atomic E-state index is 0. The van der Waals surface area contributed by atoms with Gasteiger partial charge in [-0.25, -0.2) is 0 Å². The van der Waals surface area contributed by atoms with Gasteiger partial charge in [0.25, 0.3) is 0 Å². The second-order valence-electron chi connectivity index (χ2n) is 6.34. The van der Waals surface area contributed by atoms with Gasteiger partial charge in [0, 0.05) is 12.5 Å². The Morgan fingerprint density at radius 3 is 2.53 bits per heavy atom. The average Bonchev–Trinajstić information content (AvgIpc) is 2.36. The van der Waals surface area contributed by atoms with E-state index in [1.54, 1.807) is 0 Å². The molecule has 112 valence electrons. The predicted octanol–water partition coefficient (Wildman–Crippen LogP) is 2.74. The zero-order valence-corrected chi connectivity index (χ0v) is 13.1. The molecule has 1 saturated carbocycles. The Morgan fingerprint density at radius 2 is 1.84 bits per heavy atom. The maximum Gasteiger partial charge on any atom is 0.220 e. The fourth-order valence-corrected chi connectivity index (χ4v) is 3.40. The first-order valence-corrected chi connectivity index (χ1v) is 7.67. The molecule has 0 bridgehead atoms. The molecule has 3 unspecified atom stereocenters. The number of rotatable bonds is 3. The first-order valence-electron chi connectivity index (χ1n) is 7.67. The van der Waals surface area contributed by atoms with E-state index in [4.69, 9.17) is 0 Å². The lowest BCUT2D eigenvalue weighted by Gasteiger charge is -2.35. The number of carbonyl (C=O) groups is 1. The van der Waals surface area contributed by atoms with Gasteiger partial charge in [-0.3, -0.25) is 4.79 Å². The molecule has 0 aromatic heterocycles. The highest BCUT2D eigenvalue weighted by Gasteiger charge is 2.28. The minimum Gasteiger partial charge on any atom is -0.353 e. The molecule has 1 aliphatic carbocycles. The number of carbonyl (C=O) groups excluding carboxylic acids is 1. The highest BCUT2D eigenvalue weighted by atomic mass is 35.5. The van der Waals surface area contributed by atoms with Crippen LogP contribution in [-0.2, 0) is 4.79 Å². The van der Waals surface area contributed by atoms with Crippen LogP contribution >= 0.6 is 12.4 Å². The molecule has 3 atom stereocenters. The molecule has 4 heteroatoms. The van der Waals surface area contributed by atoms with Crippen LogP contribution in [0.5, 0.6) is 0 Å². The summed E-state index contributed by atoms with van der Waals surface area (Å²) in [6.07, 6.45) is 6.81. The van der Waals surface area contributed by atoms with Crippen LogP contribution in [0.25, 0.3) is 0 Å². The molecule has 1 heterocycles. The standard InChI is InChI=1S/C15H28N2O.ClH/c1-11-4-3-5-14(12(11)2)17-15(18)10-13-6-8-16-9-7-13;/h11-14,16H,3-10H2,1-2H3,(H,17,18);1H. The van der Waals surface area contributed by atoms with Crippen molar-refractivity contribution in [1.29, 1.82) is 0 Å². The number of hydrogen-bond acceptors (Lipinski definition) is 2. The van der Waals surface area contributed by atoms with Gasteiger partial charge in [-0.2, -0.15) is 0 Å². The Kier molecular flexibility index (Phi) is 7.16.